The smallest absolute Gasteiger partial charge is 0.166 e. The van der Waals surface area contributed by atoms with Crippen LogP contribution in [-0.2, 0) is 0 Å². The first-order chi connectivity index (χ1) is 26.0. The van der Waals surface area contributed by atoms with E-state index >= 15 is 0 Å². The van der Waals surface area contributed by atoms with Crippen LogP contribution >= 0.6 is 235 Å². The highest BCUT2D eigenvalue weighted by atomic mass is 79.9. The molecule has 0 amide bonds. The average Bonchev–Trinajstić information content (AvgIpc) is 3.88. The SMILES string of the molecule is Clc1c(Br)c(Br)c(Br)c2c3nc4nc(nc5c6c(Br)c(Br)c(Br)c(Br)c6c(nc6nc(nc([nH]3)c12)-c1ccc(Br)c(Br)c1-6)n5Br)-c1c(Br)c(Br)c(Br)c(Br)c1-4. The predicted octanol–water partition coefficient (Wildman–Crippen LogP) is 18.1. The number of halogens is 15. The number of aromatic amines is 1. The van der Waals surface area contributed by atoms with Gasteiger partial charge in [-0.3, -0.25) is 0 Å². The summed E-state index contributed by atoms with van der Waals surface area (Å²) < 4.78 is 11.3. The summed E-state index contributed by atoms with van der Waals surface area (Å²) in [4.78, 5) is 34.5. The van der Waals surface area contributed by atoms with Crippen molar-refractivity contribution in [2.45, 2.75) is 0 Å². The molecule has 0 unspecified atom stereocenters. The van der Waals surface area contributed by atoms with Crippen molar-refractivity contribution in [1.29, 1.82) is 0 Å². The molecule has 276 valence electrons. The zero-order valence-corrected chi connectivity index (χ0v) is 48.4. The minimum Gasteiger partial charge on any atom is -0.324 e. The molecule has 5 heterocycles. The summed E-state index contributed by atoms with van der Waals surface area (Å²) in [5.41, 5.74) is 4.72. The summed E-state index contributed by atoms with van der Waals surface area (Å²) in [5, 5.41) is 3.16. The molecule has 0 saturated carbocycles. The molecule has 23 heteroatoms. The Morgan fingerprint density at radius 1 is 0.418 bits per heavy atom. The highest BCUT2D eigenvalue weighted by molar-refractivity contribution is 9.16. The molecule has 9 rings (SSSR count). The molecular weight excluding hydrogens is 1650 g/mol. The van der Waals surface area contributed by atoms with Gasteiger partial charge in [0.05, 0.1) is 25.6 Å². The lowest BCUT2D eigenvalue weighted by Crippen LogP contribution is -1.90. The van der Waals surface area contributed by atoms with Crippen LogP contribution in [0.4, 0.5) is 0 Å². The summed E-state index contributed by atoms with van der Waals surface area (Å²) >= 11 is 60.0. The number of fused-ring (bicyclic) bond motifs is 20. The van der Waals surface area contributed by atoms with Gasteiger partial charge in [0.2, 0.25) is 0 Å². The first-order valence-corrected chi connectivity index (χ1v) is 26.0. The maximum absolute atomic E-state index is 7.12. The molecule has 8 nitrogen and oxygen atoms in total. The summed E-state index contributed by atoms with van der Waals surface area (Å²) in [6.07, 6.45) is 0. The van der Waals surface area contributed by atoms with Crippen LogP contribution in [0.2, 0.25) is 5.02 Å². The van der Waals surface area contributed by atoms with E-state index in [2.05, 4.69) is 228 Å². The summed E-state index contributed by atoms with van der Waals surface area (Å²) in [6, 6.07) is 3.88. The fraction of sp³-hybridized carbons (Fsp3) is 0. The van der Waals surface area contributed by atoms with E-state index in [0.29, 0.717) is 95.2 Å². The Labute approximate surface area is 431 Å². The van der Waals surface area contributed by atoms with Crippen molar-refractivity contribution in [3.05, 3.63) is 75.3 Å². The largest absolute Gasteiger partial charge is 0.324 e. The van der Waals surface area contributed by atoms with Gasteiger partial charge in [0.1, 0.15) is 11.3 Å². The number of H-pyrrole nitrogens is 1. The van der Waals surface area contributed by atoms with E-state index in [0.717, 1.165) is 57.7 Å². The lowest BCUT2D eigenvalue weighted by atomic mass is 10.1. The van der Waals surface area contributed by atoms with Crippen molar-refractivity contribution in [2.75, 3.05) is 0 Å². The van der Waals surface area contributed by atoms with E-state index in [-0.39, 0.29) is 0 Å². The van der Waals surface area contributed by atoms with Gasteiger partial charge in [-0.1, -0.05) is 11.6 Å². The number of hydrogen-bond donors (Lipinski definition) is 1. The minimum absolute atomic E-state index is 0.373. The Balaban J connectivity index is 1.62. The molecule has 8 bridgehead atoms. The molecule has 0 fully saturated rings. The normalized spacial score (nSPS) is 12.3. The highest BCUT2D eigenvalue weighted by Crippen LogP contribution is 2.53. The Bertz CT molecular complexity index is 3180. The minimum atomic E-state index is 0.373. The molecular formula is C32H3Br14ClN8. The second-order valence-electron chi connectivity index (χ2n) is 11.5. The monoisotopic (exact) mass is 1640 g/mol. The first-order valence-electron chi connectivity index (χ1n) is 14.6. The number of nitrogens with one attached hydrogen (secondary N) is 1. The molecule has 0 atom stereocenters. The van der Waals surface area contributed by atoms with Crippen LogP contribution in [0.5, 0.6) is 0 Å². The van der Waals surface area contributed by atoms with E-state index in [9.17, 15) is 0 Å². The zero-order chi connectivity index (χ0) is 39.3. The van der Waals surface area contributed by atoms with Crippen LogP contribution < -0.4 is 0 Å². The molecule has 2 aliphatic heterocycles. The molecule has 0 radical (unpaired) electrons. The van der Waals surface area contributed by atoms with Crippen LogP contribution in [0.25, 0.3) is 89.7 Å². The van der Waals surface area contributed by atoms with Gasteiger partial charge in [0.25, 0.3) is 0 Å². The van der Waals surface area contributed by atoms with Crippen LogP contribution in [0, 0.1) is 0 Å². The fourth-order valence-electron chi connectivity index (χ4n) is 6.21. The summed E-state index contributed by atoms with van der Waals surface area (Å²) in [6.45, 7) is 0. The van der Waals surface area contributed by atoms with Gasteiger partial charge in [-0.2, -0.15) is 0 Å². The number of aromatic nitrogens is 8. The summed E-state index contributed by atoms with van der Waals surface area (Å²) in [5.74, 6) is 1.56. The van der Waals surface area contributed by atoms with E-state index in [1.54, 1.807) is 3.59 Å². The molecule has 1 N–H and O–H groups in total. The molecule has 3 aromatic heterocycles. The Kier molecular flexibility index (Phi) is 11.5. The van der Waals surface area contributed by atoms with Crippen molar-refractivity contribution >= 4 is 279 Å². The van der Waals surface area contributed by atoms with Crippen molar-refractivity contribution in [3.63, 3.8) is 0 Å². The van der Waals surface area contributed by atoms with Crippen LogP contribution in [0.15, 0.2) is 70.3 Å². The van der Waals surface area contributed by atoms with E-state index in [1.807, 2.05) is 12.1 Å². The van der Waals surface area contributed by atoms with E-state index < -0.39 is 0 Å². The van der Waals surface area contributed by atoms with Gasteiger partial charge >= 0.3 is 0 Å². The number of benzene rings is 4. The molecule has 0 saturated heterocycles. The Hall–Kier alpha value is 1.25. The fourth-order valence-corrected chi connectivity index (χ4v) is 14.6. The molecule has 4 aromatic carbocycles. The zero-order valence-electron chi connectivity index (χ0n) is 25.5. The average molecular weight is 1650 g/mol. The molecule has 0 aliphatic carbocycles. The first kappa shape index (κ1) is 41.6. The molecule has 55 heavy (non-hydrogen) atoms. The van der Waals surface area contributed by atoms with Gasteiger partial charge in [0.15, 0.2) is 34.6 Å². The van der Waals surface area contributed by atoms with Gasteiger partial charge in [-0.25, -0.2) is 33.5 Å². The summed E-state index contributed by atoms with van der Waals surface area (Å²) in [7, 11) is 0. The van der Waals surface area contributed by atoms with E-state index in [1.165, 1.54) is 0 Å². The second-order valence-corrected chi connectivity index (χ2v) is 23.0. The van der Waals surface area contributed by atoms with Crippen LogP contribution in [0.1, 0.15) is 0 Å². The van der Waals surface area contributed by atoms with E-state index in [4.69, 9.17) is 41.5 Å². The van der Waals surface area contributed by atoms with Gasteiger partial charge in [0, 0.05) is 97.5 Å². The number of nitrogens with zero attached hydrogens (tertiary/aromatic N) is 7. The van der Waals surface area contributed by atoms with Crippen molar-refractivity contribution < 1.29 is 0 Å². The van der Waals surface area contributed by atoms with Gasteiger partial charge in [-0.05, 0) is 219 Å². The molecule has 2 aliphatic rings. The number of rotatable bonds is 0. The van der Waals surface area contributed by atoms with Crippen molar-refractivity contribution in [1.82, 2.24) is 38.5 Å². The third-order valence-corrected chi connectivity index (χ3v) is 24.9. The Morgan fingerprint density at radius 3 is 1.44 bits per heavy atom. The third-order valence-electron chi connectivity index (χ3n) is 8.62. The van der Waals surface area contributed by atoms with Crippen molar-refractivity contribution in [2.24, 2.45) is 0 Å². The van der Waals surface area contributed by atoms with Gasteiger partial charge in [-0.15, -0.1) is 0 Å². The van der Waals surface area contributed by atoms with Crippen LogP contribution in [-0.4, -0.2) is 38.5 Å². The standard InChI is InChI=1S/C32H3Br14ClN8/c33-4-2-1-3-5(12(4)34)26-48-25(3)49-30-11-8(15(37)22(44)23(45)24(11)47)28(52-30)50-27-6-7(14(36)19(41)18(40)13(6)35)29(51-27)54-32-10-9(31(53-26)55(32)46)16(38)20(42)21(43)17(10)39/h1-2H,(H,48,49,50,51,52,53,54). The van der Waals surface area contributed by atoms with Crippen LogP contribution in [0.3, 0.4) is 0 Å². The lowest BCUT2D eigenvalue weighted by molar-refractivity contribution is 1.18. The number of hydrogen-bond acceptors (Lipinski definition) is 6. The topological polar surface area (TPSA) is 98.1 Å². The maximum Gasteiger partial charge on any atom is 0.166 e. The Morgan fingerprint density at radius 2 is 0.855 bits per heavy atom. The lowest BCUT2D eigenvalue weighted by Gasteiger charge is -2.10. The van der Waals surface area contributed by atoms with Gasteiger partial charge < -0.3 is 4.98 Å². The van der Waals surface area contributed by atoms with Crippen molar-refractivity contribution in [3.8, 4) is 45.6 Å². The maximum atomic E-state index is 7.12. The second kappa shape index (κ2) is 15.3. The molecule has 0 spiro atoms. The quantitative estimate of drug-likeness (QED) is 0.120. The molecule has 7 aromatic rings. The highest BCUT2D eigenvalue weighted by Gasteiger charge is 2.32. The predicted molar refractivity (Wildman–Crippen MR) is 269 cm³/mol. The third kappa shape index (κ3) is 6.26.